The largest absolute Gasteiger partial charge is 0.497 e. The first kappa shape index (κ1) is 13.5. The highest BCUT2D eigenvalue weighted by Gasteiger charge is 2.21. The van der Waals surface area contributed by atoms with Crippen LogP contribution in [0.2, 0.25) is 0 Å². The molecule has 3 heteroatoms. The Balaban J connectivity index is 2.11. The average Bonchev–Trinajstić information content (AvgIpc) is 2.38. The molecule has 1 fully saturated rings. The van der Waals surface area contributed by atoms with Gasteiger partial charge in [-0.05, 0) is 31.2 Å². The van der Waals surface area contributed by atoms with Crippen molar-refractivity contribution in [2.24, 2.45) is 5.92 Å². The van der Waals surface area contributed by atoms with Gasteiger partial charge in [-0.15, -0.1) is 11.6 Å². The number of methoxy groups -OCH3 is 1. The molecule has 2 unspecified atom stereocenters. The minimum atomic E-state index is 0.322. The number of alkyl halides is 1. The zero-order valence-electron chi connectivity index (χ0n) is 11.1. The van der Waals surface area contributed by atoms with Gasteiger partial charge in [0.2, 0.25) is 0 Å². The molecule has 0 N–H and O–H groups in total. The Morgan fingerprint density at radius 2 is 2.17 bits per heavy atom. The normalized spacial score (nSPS) is 23.7. The number of hydrogen-bond acceptors (Lipinski definition) is 2. The smallest absolute Gasteiger partial charge is 0.127 e. The number of rotatable bonds is 4. The topological polar surface area (TPSA) is 18.5 Å². The molecular formula is C15H21ClO2. The molecule has 2 rings (SSSR count). The summed E-state index contributed by atoms with van der Waals surface area (Å²) in [4.78, 5) is 0. The summed E-state index contributed by atoms with van der Waals surface area (Å²) in [5.74, 6) is 2.93. The first-order valence-corrected chi connectivity index (χ1v) is 7.16. The molecule has 18 heavy (non-hydrogen) atoms. The first-order chi connectivity index (χ1) is 8.72. The molecular weight excluding hydrogens is 248 g/mol. The fourth-order valence-corrected chi connectivity index (χ4v) is 2.77. The maximum absolute atomic E-state index is 6.13. The predicted octanol–water partition coefficient (Wildman–Crippen LogP) is 4.39. The van der Waals surface area contributed by atoms with Crippen molar-refractivity contribution in [3.8, 4) is 11.5 Å². The molecule has 0 aliphatic heterocycles. The van der Waals surface area contributed by atoms with Crippen LogP contribution in [0.1, 0.15) is 38.2 Å². The maximum atomic E-state index is 6.13. The van der Waals surface area contributed by atoms with Crippen LogP contribution in [0.3, 0.4) is 0 Å². The lowest BCUT2D eigenvalue weighted by atomic mass is 9.88. The first-order valence-electron chi connectivity index (χ1n) is 6.62. The van der Waals surface area contributed by atoms with Crippen molar-refractivity contribution in [2.75, 3.05) is 7.11 Å². The van der Waals surface area contributed by atoms with E-state index in [1.165, 1.54) is 12.8 Å². The maximum Gasteiger partial charge on any atom is 0.127 e. The van der Waals surface area contributed by atoms with E-state index >= 15 is 0 Å². The van der Waals surface area contributed by atoms with E-state index in [-0.39, 0.29) is 0 Å². The summed E-state index contributed by atoms with van der Waals surface area (Å²) in [6.45, 7) is 2.30. The molecule has 2 atom stereocenters. The van der Waals surface area contributed by atoms with Crippen LogP contribution in [0.5, 0.6) is 11.5 Å². The zero-order chi connectivity index (χ0) is 13.0. The van der Waals surface area contributed by atoms with E-state index in [1.54, 1.807) is 7.11 Å². The van der Waals surface area contributed by atoms with Crippen LogP contribution < -0.4 is 9.47 Å². The number of halogens is 1. The highest BCUT2D eigenvalue weighted by atomic mass is 35.5. The summed E-state index contributed by atoms with van der Waals surface area (Å²) >= 11 is 5.95. The standard InChI is InChI=1S/C15H21ClO2/c1-11-4-3-5-14(8-11)18-15-9-13(17-2)7-6-12(15)10-16/h6-7,9,11,14H,3-5,8,10H2,1-2H3. The Labute approximate surface area is 114 Å². The number of benzene rings is 1. The van der Waals surface area contributed by atoms with Crippen molar-refractivity contribution in [3.05, 3.63) is 23.8 Å². The van der Waals surface area contributed by atoms with E-state index in [4.69, 9.17) is 21.1 Å². The van der Waals surface area contributed by atoms with Crippen molar-refractivity contribution >= 4 is 11.6 Å². The molecule has 0 heterocycles. The lowest BCUT2D eigenvalue weighted by Crippen LogP contribution is -2.24. The second-order valence-corrected chi connectivity index (χ2v) is 5.39. The third kappa shape index (κ3) is 3.32. The van der Waals surface area contributed by atoms with Crippen LogP contribution in [0.4, 0.5) is 0 Å². The van der Waals surface area contributed by atoms with E-state index in [9.17, 15) is 0 Å². The molecule has 2 nitrogen and oxygen atoms in total. The van der Waals surface area contributed by atoms with Crippen LogP contribution in [-0.2, 0) is 5.88 Å². The van der Waals surface area contributed by atoms with Gasteiger partial charge in [0.05, 0.1) is 19.1 Å². The van der Waals surface area contributed by atoms with Crippen molar-refractivity contribution in [1.29, 1.82) is 0 Å². The summed E-state index contributed by atoms with van der Waals surface area (Å²) in [6, 6.07) is 5.85. The van der Waals surface area contributed by atoms with Crippen molar-refractivity contribution in [1.82, 2.24) is 0 Å². The molecule has 0 bridgehead atoms. The van der Waals surface area contributed by atoms with Gasteiger partial charge >= 0.3 is 0 Å². The molecule has 0 amide bonds. The lowest BCUT2D eigenvalue weighted by molar-refractivity contribution is 0.128. The second kappa shape index (κ2) is 6.33. The van der Waals surface area contributed by atoms with Gasteiger partial charge in [0.1, 0.15) is 11.5 Å². The van der Waals surface area contributed by atoms with E-state index in [0.29, 0.717) is 12.0 Å². The molecule has 0 spiro atoms. The Hall–Kier alpha value is -0.890. The summed E-state index contributed by atoms with van der Waals surface area (Å²) in [7, 11) is 1.67. The van der Waals surface area contributed by atoms with Gasteiger partial charge in [-0.2, -0.15) is 0 Å². The molecule has 0 saturated heterocycles. The molecule has 100 valence electrons. The highest BCUT2D eigenvalue weighted by molar-refractivity contribution is 6.17. The molecule has 1 aromatic rings. The van der Waals surface area contributed by atoms with Gasteiger partial charge in [0, 0.05) is 11.6 Å². The Kier molecular flexibility index (Phi) is 4.76. The summed E-state index contributed by atoms with van der Waals surface area (Å²) in [5, 5.41) is 0. The zero-order valence-corrected chi connectivity index (χ0v) is 11.9. The molecule has 0 aromatic heterocycles. The third-order valence-electron chi connectivity index (χ3n) is 3.60. The average molecular weight is 269 g/mol. The number of ether oxygens (including phenoxy) is 2. The molecule has 1 aliphatic rings. The van der Waals surface area contributed by atoms with Crippen LogP contribution in [0, 0.1) is 5.92 Å². The van der Waals surface area contributed by atoms with Gasteiger partial charge in [-0.3, -0.25) is 0 Å². The van der Waals surface area contributed by atoms with Crippen molar-refractivity contribution < 1.29 is 9.47 Å². The fraction of sp³-hybridized carbons (Fsp3) is 0.600. The monoisotopic (exact) mass is 268 g/mol. The van der Waals surface area contributed by atoms with Crippen LogP contribution in [0.25, 0.3) is 0 Å². The van der Waals surface area contributed by atoms with Gasteiger partial charge < -0.3 is 9.47 Å². The predicted molar refractivity (Wildman–Crippen MR) is 74.6 cm³/mol. The van der Waals surface area contributed by atoms with Crippen LogP contribution in [0.15, 0.2) is 18.2 Å². The summed E-state index contributed by atoms with van der Waals surface area (Å²) in [6.07, 6.45) is 5.18. The van der Waals surface area contributed by atoms with E-state index in [1.807, 2.05) is 18.2 Å². The molecule has 0 radical (unpaired) electrons. The minimum absolute atomic E-state index is 0.322. The van der Waals surface area contributed by atoms with E-state index < -0.39 is 0 Å². The van der Waals surface area contributed by atoms with Gasteiger partial charge in [-0.25, -0.2) is 0 Å². The quantitative estimate of drug-likeness (QED) is 0.754. The minimum Gasteiger partial charge on any atom is -0.497 e. The van der Waals surface area contributed by atoms with E-state index in [2.05, 4.69) is 6.92 Å². The highest BCUT2D eigenvalue weighted by Crippen LogP contribution is 2.31. The van der Waals surface area contributed by atoms with Crippen LogP contribution >= 0.6 is 11.6 Å². The number of hydrogen-bond donors (Lipinski definition) is 0. The third-order valence-corrected chi connectivity index (χ3v) is 3.89. The summed E-state index contributed by atoms with van der Waals surface area (Å²) < 4.78 is 11.4. The lowest BCUT2D eigenvalue weighted by Gasteiger charge is -2.28. The van der Waals surface area contributed by atoms with Gasteiger partial charge in [0.15, 0.2) is 0 Å². The Morgan fingerprint density at radius 3 is 2.83 bits per heavy atom. The van der Waals surface area contributed by atoms with Gasteiger partial charge in [0.25, 0.3) is 0 Å². The summed E-state index contributed by atoms with van der Waals surface area (Å²) in [5.41, 5.74) is 1.04. The van der Waals surface area contributed by atoms with E-state index in [0.717, 1.165) is 35.8 Å². The van der Waals surface area contributed by atoms with Crippen molar-refractivity contribution in [2.45, 2.75) is 44.6 Å². The molecule has 1 saturated carbocycles. The van der Waals surface area contributed by atoms with Gasteiger partial charge in [-0.1, -0.05) is 19.4 Å². The Bertz CT molecular complexity index is 392. The van der Waals surface area contributed by atoms with Crippen LogP contribution in [-0.4, -0.2) is 13.2 Å². The van der Waals surface area contributed by atoms with Crippen molar-refractivity contribution in [3.63, 3.8) is 0 Å². The molecule has 1 aromatic carbocycles. The molecule has 1 aliphatic carbocycles. The Morgan fingerprint density at radius 1 is 1.33 bits per heavy atom. The fourth-order valence-electron chi connectivity index (χ4n) is 2.55. The SMILES string of the molecule is COc1ccc(CCl)c(OC2CCCC(C)C2)c1. The second-order valence-electron chi connectivity index (χ2n) is 5.12.